The normalized spacial score (nSPS) is 35.0. The largest absolute Gasteiger partial charge is 0.465 e. The molecule has 0 aromatic carbocycles. The van der Waals surface area contributed by atoms with Crippen molar-refractivity contribution in [1.29, 1.82) is 0 Å². The van der Waals surface area contributed by atoms with Gasteiger partial charge in [0.25, 0.3) is 0 Å². The van der Waals surface area contributed by atoms with Gasteiger partial charge in [-0.1, -0.05) is 20.8 Å². The van der Waals surface area contributed by atoms with Crippen molar-refractivity contribution in [2.24, 2.45) is 11.3 Å². The number of carboxylic acid groups (broad SMARTS) is 1. The molecule has 4 heteroatoms. The number of amides is 1. The molecule has 0 aromatic heterocycles. The van der Waals surface area contributed by atoms with E-state index >= 15 is 0 Å². The van der Waals surface area contributed by atoms with E-state index in [9.17, 15) is 9.59 Å². The summed E-state index contributed by atoms with van der Waals surface area (Å²) < 4.78 is 0. The van der Waals surface area contributed by atoms with E-state index in [0.29, 0.717) is 19.4 Å². The Balaban J connectivity index is 2.42. The lowest BCUT2D eigenvalue weighted by Gasteiger charge is -2.46. The number of piperidine rings is 1. The zero-order valence-corrected chi connectivity index (χ0v) is 9.41. The fraction of sp³-hybridized carbons (Fsp3) is 0.818. The molecule has 2 aliphatic rings. The number of nitrogens with zero attached hydrogens (tertiary/aromatic N) is 1. The quantitative estimate of drug-likeness (QED) is 0.664. The van der Waals surface area contributed by atoms with Crippen LogP contribution < -0.4 is 0 Å². The van der Waals surface area contributed by atoms with Crippen molar-refractivity contribution >= 4 is 11.9 Å². The van der Waals surface area contributed by atoms with Crippen LogP contribution in [0.15, 0.2) is 0 Å². The molecule has 2 bridgehead atoms. The molecule has 0 spiro atoms. The van der Waals surface area contributed by atoms with Gasteiger partial charge in [0, 0.05) is 18.9 Å². The molecule has 1 amide bonds. The van der Waals surface area contributed by atoms with Crippen LogP contribution in [-0.4, -0.2) is 34.0 Å². The summed E-state index contributed by atoms with van der Waals surface area (Å²) in [5.41, 5.74) is -0.632. The van der Waals surface area contributed by atoms with Gasteiger partial charge in [0.15, 0.2) is 0 Å². The number of hydrogen-bond acceptors (Lipinski definition) is 2. The van der Waals surface area contributed by atoms with Gasteiger partial charge < -0.3 is 10.0 Å². The summed E-state index contributed by atoms with van der Waals surface area (Å²) in [7, 11) is 0. The van der Waals surface area contributed by atoms with Gasteiger partial charge in [-0.15, -0.1) is 0 Å². The first-order chi connectivity index (χ1) is 6.78. The van der Waals surface area contributed by atoms with Crippen molar-refractivity contribution in [3.63, 3.8) is 0 Å². The van der Waals surface area contributed by atoms with Crippen molar-refractivity contribution in [2.75, 3.05) is 6.54 Å². The van der Waals surface area contributed by atoms with Crippen LogP contribution in [0, 0.1) is 11.3 Å². The average Bonchev–Trinajstić information content (AvgIpc) is 2.57. The van der Waals surface area contributed by atoms with Gasteiger partial charge in [-0.3, -0.25) is 4.79 Å². The Kier molecular flexibility index (Phi) is 1.91. The first-order valence-corrected chi connectivity index (χ1v) is 5.31. The van der Waals surface area contributed by atoms with Crippen LogP contribution in [0.25, 0.3) is 0 Å². The van der Waals surface area contributed by atoms with E-state index in [1.165, 1.54) is 4.90 Å². The highest BCUT2D eigenvalue weighted by atomic mass is 16.4. The summed E-state index contributed by atoms with van der Waals surface area (Å²) >= 11 is 0. The van der Waals surface area contributed by atoms with E-state index in [2.05, 4.69) is 0 Å². The van der Waals surface area contributed by atoms with Crippen molar-refractivity contribution in [1.82, 2.24) is 4.90 Å². The molecule has 2 rings (SSSR count). The van der Waals surface area contributed by atoms with Crippen LogP contribution in [0.1, 0.15) is 33.6 Å². The molecule has 1 heterocycles. The van der Waals surface area contributed by atoms with Gasteiger partial charge in [-0.05, 0) is 11.8 Å². The first-order valence-electron chi connectivity index (χ1n) is 5.31. The predicted molar refractivity (Wildman–Crippen MR) is 54.6 cm³/mol. The van der Waals surface area contributed by atoms with Crippen molar-refractivity contribution in [3.05, 3.63) is 0 Å². The molecule has 1 saturated carbocycles. The first kappa shape index (κ1) is 10.5. The second kappa shape index (κ2) is 2.74. The monoisotopic (exact) mass is 211 g/mol. The minimum Gasteiger partial charge on any atom is -0.465 e. The fourth-order valence-electron chi connectivity index (χ4n) is 3.03. The number of ketones is 1. The van der Waals surface area contributed by atoms with E-state index in [1.54, 1.807) is 0 Å². The third-order valence-electron chi connectivity index (χ3n) is 4.05. The number of carbonyl (C=O) groups excluding carboxylic acids is 1. The Morgan fingerprint density at radius 3 is 2.53 bits per heavy atom. The third-order valence-corrected chi connectivity index (χ3v) is 4.05. The molecule has 15 heavy (non-hydrogen) atoms. The van der Waals surface area contributed by atoms with Crippen molar-refractivity contribution < 1.29 is 14.7 Å². The topological polar surface area (TPSA) is 57.6 Å². The van der Waals surface area contributed by atoms with E-state index in [4.69, 9.17) is 5.11 Å². The second-order valence-corrected chi connectivity index (χ2v) is 5.72. The number of fused-ring (bicyclic) bond motifs is 2. The second-order valence-electron chi connectivity index (χ2n) is 5.72. The molecule has 4 nitrogen and oxygen atoms in total. The predicted octanol–water partition coefficient (Wildman–Crippen LogP) is 1.74. The number of rotatable bonds is 0. The molecule has 2 unspecified atom stereocenters. The Hall–Kier alpha value is -1.06. The minimum atomic E-state index is -0.889. The molecular weight excluding hydrogens is 194 g/mol. The van der Waals surface area contributed by atoms with Gasteiger partial charge in [0.05, 0.1) is 5.54 Å². The van der Waals surface area contributed by atoms with Gasteiger partial charge in [0.1, 0.15) is 5.78 Å². The highest BCUT2D eigenvalue weighted by molar-refractivity contribution is 5.88. The summed E-state index contributed by atoms with van der Waals surface area (Å²) in [5.74, 6) is 0.183. The number of carbonyl (C=O) groups is 2. The number of Topliss-reactive ketones (excluding diaryl/α,β-unsaturated/α-hetero) is 1. The van der Waals surface area contributed by atoms with Crippen LogP contribution in [0.2, 0.25) is 0 Å². The Labute approximate surface area is 89.3 Å². The minimum absolute atomic E-state index is 0.0553. The molecule has 1 aliphatic heterocycles. The van der Waals surface area contributed by atoms with Crippen molar-refractivity contribution in [2.45, 2.75) is 39.2 Å². The molecule has 1 saturated heterocycles. The smallest absolute Gasteiger partial charge is 0.407 e. The lowest BCUT2D eigenvalue weighted by molar-refractivity contribution is -0.124. The SMILES string of the molecule is CC(C)(C)C12CC(=O)C(CN1C(=O)O)C2. The van der Waals surface area contributed by atoms with Crippen LogP contribution in [0.5, 0.6) is 0 Å². The van der Waals surface area contributed by atoms with Crippen LogP contribution in [0.3, 0.4) is 0 Å². The lowest BCUT2D eigenvalue weighted by Crippen LogP contribution is -2.56. The van der Waals surface area contributed by atoms with Crippen LogP contribution in [0.4, 0.5) is 4.79 Å². The summed E-state index contributed by atoms with van der Waals surface area (Å²) in [5, 5.41) is 9.16. The molecule has 84 valence electrons. The molecule has 2 atom stereocenters. The van der Waals surface area contributed by atoms with Gasteiger partial charge in [-0.25, -0.2) is 4.79 Å². The Bertz CT molecular complexity index is 331. The summed E-state index contributed by atoms with van der Waals surface area (Å²) in [6.45, 7) is 6.45. The molecule has 0 radical (unpaired) electrons. The van der Waals surface area contributed by atoms with E-state index < -0.39 is 11.6 Å². The highest BCUT2D eigenvalue weighted by Gasteiger charge is 2.62. The summed E-state index contributed by atoms with van der Waals surface area (Å²) in [4.78, 5) is 24.3. The van der Waals surface area contributed by atoms with Gasteiger partial charge in [-0.2, -0.15) is 0 Å². The Morgan fingerprint density at radius 2 is 2.13 bits per heavy atom. The Morgan fingerprint density at radius 1 is 1.53 bits per heavy atom. The summed E-state index contributed by atoms with van der Waals surface area (Å²) in [6.07, 6.45) is 0.217. The summed E-state index contributed by atoms with van der Waals surface area (Å²) in [6, 6.07) is 0. The maximum atomic E-state index is 11.6. The highest BCUT2D eigenvalue weighted by Crippen LogP contribution is 2.53. The molecule has 0 aromatic rings. The number of likely N-dealkylation sites (tertiary alicyclic amines) is 1. The number of hydrogen-bond donors (Lipinski definition) is 1. The maximum absolute atomic E-state index is 11.6. The standard InChI is InChI=1S/C11H17NO3/c1-10(2,3)11-4-7(8(13)5-11)6-12(11)9(14)15/h7H,4-6H2,1-3H3,(H,14,15). The fourth-order valence-corrected chi connectivity index (χ4v) is 3.03. The van der Waals surface area contributed by atoms with Gasteiger partial charge in [0.2, 0.25) is 0 Å². The maximum Gasteiger partial charge on any atom is 0.407 e. The lowest BCUT2D eigenvalue weighted by atomic mass is 9.72. The average molecular weight is 211 g/mol. The molecule has 2 fully saturated rings. The van der Waals surface area contributed by atoms with Crippen molar-refractivity contribution in [3.8, 4) is 0 Å². The van der Waals surface area contributed by atoms with Gasteiger partial charge >= 0.3 is 6.09 Å². The van der Waals surface area contributed by atoms with E-state index in [0.717, 1.165) is 0 Å². The van der Waals surface area contributed by atoms with Crippen LogP contribution in [-0.2, 0) is 4.79 Å². The molecule has 1 N–H and O–H groups in total. The van der Waals surface area contributed by atoms with E-state index in [1.807, 2.05) is 20.8 Å². The third kappa shape index (κ3) is 1.20. The van der Waals surface area contributed by atoms with Crippen LogP contribution >= 0.6 is 0 Å². The van der Waals surface area contributed by atoms with E-state index in [-0.39, 0.29) is 17.1 Å². The molecule has 1 aliphatic carbocycles. The molecular formula is C11H17NO3. The zero-order chi connectivity index (χ0) is 11.4. The zero-order valence-electron chi connectivity index (χ0n) is 9.41.